The van der Waals surface area contributed by atoms with Gasteiger partial charge in [-0.15, -0.1) is 0 Å². The highest BCUT2D eigenvalue weighted by atomic mass is 16.6. The van der Waals surface area contributed by atoms with Crippen molar-refractivity contribution in [2.24, 2.45) is 0 Å². The predicted molar refractivity (Wildman–Crippen MR) is 132 cm³/mol. The van der Waals surface area contributed by atoms with E-state index >= 15 is 0 Å². The average molecular weight is 502 g/mol. The molecule has 0 unspecified atom stereocenters. The molecule has 5 rings (SSSR count). The minimum atomic E-state index is -0.559. The number of fused-ring (bicyclic) bond motifs is 3. The summed E-state index contributed by atoms with van der Waals surface area (Å²) in [4.78, 5) is 37.5. The van der Waals surface area contributed by atoms with E-state index in [0.717, 1.165) is 0 Å². The summed E-state index contributed by atoms with van der Waals surface area (Å²) < 4.78 is 27.1. The zero-order valence-corrected chi connectivity index (χ0v) is 20.0. The fourth-order valence-electron chi connectivity index (χ4n) is 4.40. The molecule has 0 bridgehead atoms. The molecule has 0 saturated heterocycles. The van der Waals surface area contributed by atoms with Crippen LogP contribution in [0.4, 0.5) is 0 Å². The third-order valence-corrected chi connectivity index (χ3v) is 6.22. The largest absolute Gasteiger partial charge is 0.508 e. The van der Waals surface area contributed by atoms with Crippen molar-refractivity contribution in [2.45, 2.75) is 12.3 Å². The van der Waals surface area contributed by atoms with Crippen molar-refractivity contribution in [2.75, 3.05) is 20.8 Å². The molecule has 9 heteroatoms. The topological polar surface area (TPSA) is 122 Å². The lowest BCUT2D eigenvalue weighted by molar-refractivity contribution is -0.143. The monoisotopic (exact) mass is 502 g/mol. The number of aromatic hydroxyl groups is 1. The van der Waals surface area contributed by atoms with Crippen LogP contribution in [0, 0.1) is 0 Å². The van der Waals surface area contributed by atoms with Crippen LogP contribution in [-0.4, -0.2) is 37.9 Å². The van der Waals surface area contributed by atoms with Gasteiger partial charge in [0.05, 0.1) is 31.6 Å². The molecule has 0 amide bonds. The molecule has 1 aromatic heterocycles. The van der Waals surface area contributed by atoms with Crippen LogP contribution in [0.2, 0.25) is 0 Å². The Morgan fingerprint density at radius 1 is 1.03 bits per heavy atom. The first kappa shape index (κ1) is 23.9. The van der Waals surface area contributed by atoms with Crippen LogP contribution in [0.5, 0.6) is 23.0 Å². The van der Waals surface area contributed by atoms with Crippen molar-refractivity contribution in [3.05, 3.63) is 82.2 Å². The van der Waals surface area contributed by atoms with E-state index in [1.165, 1.54) is 32.6 Å². The Balaban J connectivity index is 1.63. The highest BCUT2D eigenvalue weighted by Crippen LogP contribution is 2.44. The van der Waals surface area contributed by atoms with Crippen molar-refractivity contribution in [3.63, 3.8) is 0 Å². The van der Waals surface area contributed by atoms with E-state index < -0.39 is 17.9 Å². The van der Waals surface area contributed by atoms with Gasteiger partial charge in [-0.05, 0) is 47.5 Å². The van der Waals surface area contributed by atoms with E-state index in [1.807, 2.05) is 0 Å². The number of benzene rings is 3. The van der Waals surface area contributed by atoms with Crippen molar-refractivity contribution < 1.29 is 38.1 Å². The first-order valence-electron chi connectivity index (χ1n) is 11.4. The number of hydrogen-bond donors (Lipinski definition) is 1. The van der Waals surface area contributed by atoms with Crippen molar-refractivity contribution in [3.8, 4) is 34.1 Å². The van der Waals surface area contributed by atoms with E-state index in [4.69, 9.17) is 18.6 Å². The van der Waals surface area contributed by atoms with E-state index in [0.29, 0.717) is 50.5 Å². The molecule has 0 fully saturated rings. The Kier molecular flexibility index (Phi) is 6.27. The number of methoxy groups -OCH3 is 2. The van der Waals surface area contributed by atoms with Gasteiger partial charge in [-0.2, -0.15) is 0 Å². The maximum Gasteiger partial charge on any atom is 0.343 e. The van der Waals surface area contributed by atoms with Gasteiger partial charge < -0.3 is 28.5 Å². The normalized spacial score (nSPS) is 14.5. The zero-order chi connectivity index (χ0) is 26.1. The summed E-state index contributed by atoms with van der Waals surface area (Å²) in [6.07, 6.45) is 1.36. The molecule has 0 aliphatic carbocycles. The number of phenols is 1. The number of rotatable bonds is 6. The summed E-state index contributed by atoms with van der Waals surface area (Å²) in [5.41, 5.74) is 2.20. The van der Waals surface area contributed by atoms with Gasteiger partial charge in [-0.25, -0.2) is 4.79 Å². The molecular formula is C28H22O9. The Morgan fingerprint density at radius 3 is 2.54 bits per heavy atom. The average Bonchev–Trinajstić information content (AvgIpc) is 2.91. The van der Waals surface area contributed by atoms with Gasteiger partial charge in [-0.1, -0.05) is 18.2 Å². The number of esters is 2. The van der Waals surface area contributed by atoms with Gasteiger partial charge in [0.15, 0.2) is 18.1 Å². The fourth-order valence-corrected chi connectivity index (χ4v) is 4.40. The molecule has 0 saturated carbocycles. The lowest BCUT2D eigenvalue weighted by Gasteiger charge is -2.26. The van der Waals surface area contributed by atoms with Gasteiger partial charge >= 0.3 is 11.9 Å². The molecule has 0 spiro atoms. The van der Waals surface area contributed by atoms with E-state index in [1.54, 1.807) is 42.5 Å². The summed E-state index contributed by atoms with van der Waals surface area (Å²) in [7, 11) is 2.73. The highest BCUT2D eigenvalue weighted by molar-refractivity contribution is 5.90. The third-order valence-electron chi connectivity index (χ3n) is 6.22. The molecule has 1 aliphatic rings. The maximum absolute atomic E-state index is 13.4. The third kappa shape index (κ3) is 4.47. The molecule has 3 aromatic carbocycles. The number of phenolic OH excluding ortho intramolecular Hbond substituents is 1. The quantitative estimate of drug-likeness (QED) is 0.306. The predicted octanol–water partition coefficient (Wildman–Crippen LogP) is 4.17. The highest BCUT2D eigenvalue weighted by Gasteiger charge is 2.33. The van der Waals surface area contributed by atoms with Crippen LogP contribution in [0.15, 0.2) is 70.1 Å². The van der Waals surface area contributed by atoms with Crippen molar-refractivity contribution in [1.29, 1.82) is 0 Å². The van der Waals surface area contributed by atoms with Gasteiger partial charge in [0.25, 0.3) is 0 Å². The first-order valence-corrected chi connectivity index (χ1v) is 11.4. The van der Waals surface area contributed by atoms with Gasteiger partial charge in [0.2, 0.25) is 5.43 Å². The van der Waals surface area contributed by atoms with Crippen molar-refractivity contribution in [1.82, 2.24) is 0 Å². The first-order chi connectivity index (χ1) is 17.9. The van der Waals surface area contributed by atoms with Crippen LogP contribution < -0.4 is 19.6 Å². The summed E-state index contributed by atoms with van der Waals surface area (Å²) in [5, 5.41) is 9.90. The molecule has 1 atom stereocenters. The maximum atomic E-state index is 13.4. The van der Waals surface area contributed by atoms with Crippen molar-refractivity contribution >= 4 is 22.9 Å². The van der Waals surface area contributed by atoms with Gasteiger partial charge in [0, 0.05) is 11.5 Å². The second-order valence-corrected chi connectivity index (χ2v) is 8.39. The van der Waals surface area contributed by atoms with E-state index in [9.17, 15) is 19.5 Å². The molecule has 0 radical (unpaired) electrons. The van der Waals surface area contributed by atoms with Crippen LogP contribution in [0.25, 0.3) is 22.1 Å². The minimum absolute atomic E-state index is 0.00168. The van der Waals surface area contributed by atoms with E-state index in [-0.39, 0.29) is 24.2 Å². The van der Waals surface area contributed by atoms with Crippen LogP contribution in [0.1, 0.15) is 23.5 Å². The molecule has 4 aromatic rings. The van der Waals surface area contributed by atoms with Gasteiger partial charge in [-0.3, -0.25) is 9.59 Å². The fraction of sp³-hybridized carbons (Fsp3) is 0.179. The lowest BCUT2D eigenvalue weighted by Crippen LogP contribution is -2.22. The Morgan fingerprint density at radius 2 is 1.81 bits per heavy atom. The summed E-state index contributed by atoms with van der Waals surface area (Å²) in [6, 6.07) is 14.5. The molecule has 188 valence electrons. The second-order valence-electron chi connectivity index (χ2n) is 8.39. The Hall–Kier alpha value is -4.79. The Bertz CT molecular complexity index is 1570. The Labute approximate surface area is 210 Å². The number of hydrogen-bond acceptors (Lipinski definition) is 9. The molecule has 2 heterocycles. The molecule has 9 nitrogen and oxygen atoms in total. The zero-order valence-electron chi connectivity index (χ0n) is 20.0. The molecule has 1 N–H and O–H groups in total. The number of carbonyl (C=O) groups is 2. The van der Waals surface area contributed by atoms with Gasteiger partial charge in [0.1, 0.15) is 23.3 Å². The molecular weight excluding hydrogens is 480 g/mol. The van der Waals surface area contributed by atoms with Crippen LogP contribution in [-0.2, 0) is 14.3 Å². The van der Waals surface area contributed by atoms with Crippen LogP contribution >= 0.6 is 0 Å². The summed E-state index contributed by atoms with van der Waals surface area (Å²) >= 11 is 0. The molecule has 37 heavy (non-hydrogen) atoms. The number of carbonyl (C=O) groups excluding carboxylic acids is 2. The van der Waals surface area contributed by atoms with Crippen LogP contribution in [0.3, 0.4) is 0 Å². The molecule has 1 aliphatic heterocycles. The summed E-state index contributed by atoms with van der Waals surface area (Å²) in [6.45, 7) is -0.322. The standard InChI is InChI=1S/C28H22O9/c1-33-21-9-5-16(11-23(21)35-14-25(31)34-2)19-12-24(30)37-22-10-8-18-27(32)20(13-36-28(18)26(19)22)15-3-6-17(29)7-4-15/h3-11,13,19,29H,12,14H2,1-2H3/t19-/m0/s1. The summed E-state index contributed by atoms with van der Waals surface area (Å²) in [5.74, 6) is -0.446. The number of ether oxygens (including phenoxy) is 4. The second kappa shape index (κ2) is 9.69. The SMILES string of the molecule is COC(=O)COc1cc([C@@H]2CC(=O)Oc3ccc4c(=O)c(-c5ccc(O)cc5)coc4c32)ccc1OC. The smallest absolute Gasteiger partial charge is 0.343 e. The minimum Gasteiger partial charge on any atom is -0.508 e. The lowest BCUT2D eigenvalue weighted by atomic mass is 9.85. The van der Waals surface area contributed by atoms with E-state index in [2.05, 4.69) is 4.74 Å².